The maximum absolute atomic E-state index is 13.5. The van der Waals surface area contributed by atoms with Crippen LogP contribution in [-0.4, -0.2) is 65.7 Å². The van der Waals surface area contributed by atoms with Crippen molar-refractivity contribution in [3.05, 3.63) is 71.1 Å². The molecule has 1 N–H and O–H groups in total. The molecule has 4 rings (SSSR count). The molecule has 1 aliphatic rings. The number of benzene rings is 2. The maximum Gasteiger partial charge on any atom is 0.435 e. The van der Waals surface area contributed by atoms with Crippen molar-refractivity contribution in [3.63, 3.8) is 0 Å². The molecule has 1 fully saturated rings. The van der Waals surface area contributed by atoms with Crippen molar-refractivity contribution >= 4 is 22.1 Å². The topological polar surface area (TPSA) is 167 Å². The summed E-state index contributed by atoms with van der Waals surface area (Å²) in [5, 5.41) is 20.5. The zero-order valence-corrected chi connectivity index (χ0v) is 26.6. The molecule has 2 heterocycles. The number of hydrogen-bond donors (Lipinski definition) is 1. The van der Waals surface area contributed by atoms with Gasteiger partial charge in [0.1, 0.15) is 6.10 Å². The Bertz CT molecular complexity index is 1700. The first-order valence-corrected chi connectivity index (χ1v) is 15.9. The molecule has 2 aromatic carbocycles. The van der Waals surface area contributed by atoms with Gasteiger partial charge >= 0.3 is 18.2 Å². The summed E-state index contributed by atoms with van der Waals surface area (Å²) >= 11 is 0. The molecule has 0 bridgehead atoms. The summed E-state index contributed by atoms with van der Waals surface area (Å²) in [6, 6.07) is 12.5. The van der Waals surface area contributed by atoms with E-state index in [1.165, 1.54) is 24.1 Å². The van der Waals surface area contributed by atoms with Gasteiger partial charge in [-0.15, -0.1) is 5.01 Å². The van der Waals surface area contributed by atoms with Gasteiger partial charge in [-0.1, -0.05) is 43.7 Å². The predicted octanol–water partition coefficient (Wildman–Crippen LogP) is 5.10. The summed E-state index contributed by atoms with van der Waals surface area (Å²) < 4.78 is 79.3. The molecule has 1 saturated heterocycles. The second kappa shape index (κ2) is 14.3. The first-order valence-electron chi connectivity index (χ1n) is 14.4. The van der Waals surface area contributed by atoms with E-state index in [2.05, 4.69) is 10.4 Å². The zero-order chi connectivity index (χ0) is 34.5. The normalized spacial score (nSPS) is 15.3. The average Bonchev–Trinajstić information content (AvgIpc) is 3.47. The number of ether oxygens (including phenoxy) is 2. The van der Waals surface area contributed by atoms with Gasteiger partial charge in [-0.25, -0.2) is 22.6 Å². The Morgan fingerprint density at radius 2 is 1.68 bits per heavy atom. The molecular formula is C29H33F3N6O8S. The summed E-state index contributed by atoms with van der Waals surface area (Å²) in [7, 11) is -4.42. The van der Waals surface area contributed by atoms with Crippen LogP contribution in [0, 0.1) is 18.0 Å². The number of halogens is 3. The number of hydrazine groups is 1. The van der Waals surface area contributed by atoms with Gasteiger partial charge in [-0.05, 0) is 37.3 Å². The van der Waals surface area contributed by atoms with Crippen LogP contribution >= 0.6 is 0 Å². The van der Waals surface area contributed by atoms with Crippen LogP contribution in [0.2, 0.25) is 0 Å². The lowest BCUT2D eigenvalue weighted by Gasteiger charge is -2.28. The lowest BCUT2D eigenvalue weighted by atomic mass is 10.1. The van der Waals surface area contributed by atoms with Gasteiger partial charge < -0.3 is 14.7 Å². The molecule has 0 radical (unpaired) electrons. The fraction of sp³-hybridized carbons (Fsp3) is 0.414. The Balaban J connectivity index is 1.35. The molecule has 1 unspecified atom stereocenters. The van der Waals surface area contributed by atoms with Crippen LogP contribution in [0.4, 0.5) is 18.0 Å². The van der Waals surface area contributed by atoms with Gasteiger partial charge in [0, 0.05) is 25.3 Å². The van der Waals surface area contributed by atoms with E-state index in [1.807, 2.05) is 11.6 Å². The Kier molecular flexibility index (Phi) is 10.6. The second-order valence-electron chi connectivity index (χ2n) is 10.9. The highest BCUT2D eigenvalue weighted by molar-refractivity contribution is 7.90. The molecule has 1 aliphatic heterocycles. The summed E-state index contributed by atoms with van der Waals surface area (Å²) in [6.45, 7) is 6.69. The maximum atomic E-state index is 13.5. The zero-order valence-electron chi connectivity index (χ0n) is 25.8. The number of nitrogens with zero attached hydrogens (tertiary/aromatic N) is 5. The Hall–Kier alpha value is -4.87. The molecule has 1 aromatic heterocycles. The van der Waals surface area contributed by atoms with E-state index in [4.69, 9.17) is 14.3 Å². The number of carbonyl (C=O) groups excluding carboxylic acids is 2. The number of esters is 1. The molecule has 0 spiro atoms. The van der Waals surface area contributed by atoms with E-state index >= 15 is 0 Å². The second-order valence-corrected chi connectivity index (χ2v) is 12.6. The van der Waals surface area contributed by atoms with Crippen LogP contribution in [0.3, 0.4) is 0 Å². The Morgan fingerprint density at radius 1 is 1.06 bits per heavy atom. The number of amides is 1. The number of alkyl halides is 3. The van der Waals surface area contributed by atoms with Crippen LogP contribution in [0.5, 0.6) is 0 Å². The number of aromatic nitrogens is 2. The minimum atomic E-state index is -4.71. The van der Waals surface area contributed by atoms with Gasteiger partial charge in [0.15, 0.2) is 5.69 Å². The summed E-state index contributed by atoms with van der Waals surface area (Å²) in [6.07, 6.45) is -7.43. The predicted molar refractivity (Wildman–Crippen MR) is 158 cm³/mol. The molecule has 0 saturated carbocycles. The minimum absolute atomic E-state index is 0.0940. The Labute approximate surface area is 268 Å². The van der Waals surface area contributed by atoms with Crippen LogP contribution in [0.1, 0.15) is 44.9 Å². The van der Waals surface area contributed by atoms with Gasteiger partial charge in [0.25, 0.3) is 16.3 Å². The van der Waals surface area contributed by atoms with E-state index in [-0.39, 0.29) is 53.1 Å². The molecule has 254 valence electrons. The largest absolute Gasteiger partial charge is 0.569 e. The number of hydrogen-bond acceptors (Lipinski definition) is 10. The standard InChI is InChI=1S/C29H33F3N6O8S/c1-18(2)27(39)44-20(4)46-35-38(41)36-15-13-23(14-16-36)45-28(40)34-47(42,43)24-11-9-22(10-12-24)37-25(17-26(33-37)29(30,31)32)21-7-5-19(3)6-8-21/h5-12,17-18,20,23H,13-16H2,1-4H3,(H,34,40). The highest BCUT2D eigenvalue weighted by Gasteiger charge is 2.35. The quantitative estimate of drug-likeness (QED) is 0.0999. The van der Waals surface area contributed by atoms with Crippen LogP contribution in [-0.2, 0) is 35.3 Å². The monoisotopic (exact) mass is 682 g/mol. The molecule has 1 atom stereocenters. The number of aryl methyl sites for hydroxylation is 1. The molecule has 47 heavy (non-hydrogen) atoms. The van der Waals surface area contributed by atoms with Crippen molar-refractivity contribution in [3.8, 4) is 16.9 Å². The van der Waals surface area contributed by atoms with Crippen molar-refractivity contribution in [2.24, 2.45) is 11.2 Å². The molecule has 14 nitrogen and oxygen atoms in total. The average molecular weight is 683 g/mol. The molecule has 18 heteroatoms. The number of carbonyl (C=O) groups is 2. The van der Waals surface area contributed by atoms with Gasteiger partial charge in [0.2, 0.25) is 5.28 Å². The third kappa shape index (κ3) is 9.11. The SMILES string of the molecule is Cc1ccc(-c2cc(C(F)(F)F)nn2-c2ccc(S(=O)(=O)NC(=O)OC3CCN([N+]([O-])=NOC(C)OC(=O)C(C)C)CC3)cc2)cc1. The number of sulfonamides is 1. The van der Waals surface area contributed by atoms with Crippen LogP contribution in [0.25, 0.3) is 16.9 Å². The molecular weight excluding hydrogens is 649 g/mol. The van der Waals surface area contributed by atoms with Crippen molar-refractivity contribution in [2.75, 3.05) is 13.1 Å². The smallest absolute Gasteiger partial charge is 0.435 e. The molecule has 1 amide bonds. The van der Waals surface area contributed by atoms with Gasteiger partial charge in [0.05, 0.1) is 40.3 Å². The van der Waals surface area contributed by atoms with Gasteiger partial charge in [-0.2, -0.15) is 18.3 Å². The number of nitrogens with one attached hydrogen (secondary N) is 1. The highest BCUT2D eigenvalue weighted by atomic mass is 32.2. The summed E-state index contributed by atoms with van der Waals surface area (Å²) in [5.41, 5.74) is 0.551. The van der Waals surface area contributed by atoms with Crippen LogP contribution < -0.4 is 4.72 Å². The summed E-state index contributed by atoms with van der Waals surface area (Å²) in [4.78, 5) is 28.8. The van der Waals surface area contributed by atoms with E-state index in [0.717, 1.165) is 28.4 Å². The lowest BCUT2D eigenvalue weighted by Crippen LogP contribution is -2.43. The van der Waals surface area contributed by atoms with Crippen molar-refractivity contribution in [2.45, 2.75) is 64.0 Å². The summed E-state index contributed by atoms with van der Waals surface area (Å²) in [5.74, 6) is -0.912. The first-order chi connectivity index (χ1) is 22.0. The third-order valence-electron chi connectivity index (χ3n) is 6.91. The minimum Gasteiger partial charge on any atom is -0.569 e. The number of rotatable bonds is 10. The van der Waals surface area contributed by atoms with E-state index in [1.54, 1.807) is 38.1 Å². The van der Waals surface area contributed by atoms with E-state index < -0.39 is 46.4 Å². The van der Waals surface area contributed by atoms with Crippen molar-refractivity contribution in [1.29, 1.82) is 0 Å². The van der Waals surface area contributed by atoms with E-state index in [0.29, 0.717) is 5.56 Å². The van der Waals surface area contributed by atoms with Crippen LogP contribution in [0.15, 0.2) is 64.8 Å². The number of piperidine rings is 1. The fourth-order valence-corrected chi connectivity index (χ4v) is 5.25. The molecule has 3 aromatic rings. The van der Waals surface area contributed by atoms with Gasteiger partial charge in [-0.3, -0.25) is 9.63 Å². The van der Waals surface area contributed by atoms with Crippen molar-refractivity contribution in [1.82, 2.24) is 19.5 Å². The molecule has 0 aliphatic carbocycles. The fourth-order valence-electron chi connectivity index (χ4n) is 4.37. The van der Waals surface area contributed by atoms with E-state index in [9.17, 15) is 36.4 Å². The first kappa shape index (κ1) is 35.0. The highest BCUT2D eigenvalue weighted by Crippen LogP contribution is 2.33. The Morgan fingerprint density at radius 3 is 2.26 bits per heavy atom. The van der Waals surface area contributed by atoms with Crippen molar-refractivity contribution < 1.29 is 50.5 Å². The lowest BCUT2D eigenvalue weighted by molar-refractivity contribution is -0.715. The third-order valence-corrected chi connectivity index (χ3v) is 8.24.